The lowest BCUT2D eigenvalue weighted by molar-refractivity contribution is -0.141. The van der Waals surface area contributed by atoms with Crippen molar-refractivity contribution < 1.29 is 9.90 Å². The van der Waals surface area contributed by atoms with Gasteiger partial charge in [-0.15, -0.1) is 0 Å². The molecule has 1 aromatic carbocycles. The van der Waals surface area contributed by atoms with Gasteiger partial charge in [-0.2, -0.15) is 0 Å². The molecule has 3 atom stereocenters. The summed E-state index contributed by atoms with van der Waals surface area (Å²) in [6.07, 6.45) is 4.65. The van der Waals surface area contributed by atoms with E-state index in [9.17, 15) is 4.79 Å². The van der Waals surface area contributed by atoms with Crippen molar-refractivity contribution in [3.63, 3.8) is 0 Å². The number of likely N-dealkylation sites (tertiary alicyclic amines) is 1. The topological polar surface area (TPSA) is 52.6 Å². The number of rotatable bonds is 7. The third kappa shape index (κ3) is 3.43. The van der Waals surface area contributed by atoms with E-state index in [-0.39, 0.29) is 5.92 Å². The number of hydrogen-bond acceptors (Lipinski definition) is 3. The van der Waals surface area contributed by atoms with Gasteiger partial charge in [0, 0.05) is 31.6 Å². The molecule has 1 heterocycles. The lowest BCUT2D eigenvalue weighted by Crippen LogP contribution is -2.36. The predicted molar refractivity (Wildman–Crippen MR) is 89.4 cm³/mol. The fourth-order valence-corrected chi connectivity index (χ4v) is 4.06. The molecular weight excluding hydrogens is 288 g/mol. The van der Waals surface area contributed by atoms with Crippen molar-refractivity contribution >= 4 is 5.97 Å². The average Bonchev–Trinajstić information content (AvgIpc) is 3.44. The number of nitrogens with zero attached hydrogens (tertiary/aromatic N) is 1. The Labute approximate surface area is 137 Å². The van der Waals surface area contributed by atoms with E-state index in [2.05, 4.69) is 40.5 Å². The van der Waals surface area contributed by atoms with Gasteiger partial charge in [0.15, 0.2) is 0 Å². The highest BCUT2D eigenvalue weighted by Crippen LogP contribution is 2.48. The van der Waals surface area contributed by atoms with Crippen molar-refractivity contribution in [2.45, 2.75) is 37.6 Å². The summed E-state index contributed by atoms with van der Waals surface area (Å²) >= 11 is 0. The Morgan fingerprint density at radius 2 is 2.09 bits per heavy atom. The molecule has 0 spiro atoms. The molecule has 23 heavy (non-hydrogen) atoms. The number of nitrogens with one attached hydrogen (secondary N) is 1. The van der Waals surface area contributed by atoms with Gasteiger partial charge in [-0.1, -0.05) is 30.3 Å². The summed E-state index contributed by atoms with van der Waals surface area (Å²) in [5, 5.41) is 12.9. The van der Waals surface area contributed by atoms with Crippen molar-refractivity contribution in [3.8, 4) is 0 Å². The summed E-state index contributed by atoms with van der Waals surface area (Å²) in [6.45, 7) is 3.86. The number of hydrogen-bond donors (Lipinski definition) is 2. The Morgan fingerprint density at radius 3 is 2.74 bits per heavy atom. The third-order valence-electron chi connectivity index (χ3n) is 5.90. The van der Waals surface area contributed by atoms with Crippen molar-refractivity contribution in [2.75, 3.05) is 26.2 Å². The van der Waals surface area contributed by atoms with Gasteiger partial charge in [-0.25, -0.2) is 0 Å². The zero-order valence-electron chi connectivity index (χ0n) is 13.6. The molecule has 0 bridgehead atoms. The van der Waals surface area contributed by atoms with Crippen LogP contribution in [-0.2, 0) is 4.79 Å². The number of carbonyl (C=O) groups is 1. The lowest BCUT2D eigenvalue weighted by atomic mass is 10.1. The van der Waals surface area contributed by atoms with Crippen molar-refractivity contribution in [1.82, 2.24) is 10.2 Å². The Bertz CT molecular complexity index is 570. The maximum atomic E-state index is 11.1. The molecule has 1 aromatic rings. The minimum Gasteiger partial charge on any atom is -0.481 e. The Morgan fingerprint density at radius 1 is 1.30 bits per heavy atom. The molecule has 2 saturated carbocycles. The molecule has 4 nitrogen and oxygen atoms in total. The number of carboxylic acids is 1. The van der Waals surface area contributed by atoms with Crippen LogP contribution in [0.2, 0.25) is 0 Å². The van der Waals surface area contributed by atoms with E-state index in [0.29, 0.717) is 17.4 Å². The lowest BCUT2D eigenvalue weighted by Gasteiger charge is -2.23. The molecule has 2 N–H and O–H groups in total. The van der Waals surface area contributed by atoms with E-state index in [1.807, 2.05) is 0 Å². The molecule has 1 saturated heterocycles. The molecule has 3 fully saturated rings. The van der Waals surface area contributed by atoms with Crippen LogP contribution in [0.5, 0.6) is 0 Å². The smallest absolute Gasteiger partial charge is 0.307 e. The summed E-state index contributed by atoms with van der Waals surface area (Å²) < 4.78 is 0. The molecule has 4 heteroatoms. The van der Waals surface area contributed by atoms with Crippen LogP contribution in [0.25, 0.3) is 0 Å². The highest BCUT2D eigenvalue weighted by atomic mass is 16.4. The third-order valence-corrected chi connectivity index (χ3v) is 5.90. The van der Waals surface area contributed by atoms with Gasteiger partial charge in [-0.3, -0.25) is 4.79 Å². The Balaban J connectivity index is 1.23. The minimum absolute atomic E-state index is 0.148. The zero-order chi connectivity index (χ0) is 15.9. The maximum Gasteiger partial charge on any atom is 0.307 e. The van der Waals surface area contributed by atoms with E-state index in [0.717, 1.165) is 32.6 Å². The number of benzene rings is 1. The molecule has 3 aliphatic rings. The summed E-state index contributed by atoms with van der Waals surface area (Å²) in [5.74, 6) is -0.0843. The molecular formula is C19H26N2O2. The first kappa shape index (κ1) is 15.2. The van der Waals surface area contributed by atoms with Gasteiger partial charge in [0.2, 0.25) is 0 Å². The SMILES string of the molecule is O=C(O)[C@H]1CCN(CC2(CNC3CC3c3ccccc3)CC2)C1. The quantitative estimate of drug-likeness (QED) is 0.811. The monoisotopic (exact) mass is 314 g/mol. The largest absolute Gasteiger partial charge is 0.481 e. The van der Waals surface area contributed by atoms with Gasteiger partial charge < -0.3 is 15.3 Å². The van der Waals surface area contributed by atoms with Gasteiger partial charge in [0.1, 0.15) is 0 Å². The molecule has 0 radical (unpaired) electrons. The van der Waals surface area contributed by atoms with Crippen LogP contribution < -0.4 is 5.32 Å². The van der Waals surface area contributed by atoms with Crippen LogP contribution in [-0.4, -0.2) is 48.2 Å². The number of carboxylic acid groups (broad SMARTS) is 1. The molecule has 124 valence electrons. The first-order chi connectivity index (χ1) is 11.2. The zero-order valence-corrected chi connectivity index (χ0v) is 13.6. The van der Waals surface area contributed by atoms with Crippen LogP contribution >= 0.6 is 0 Å². The van der Waals surface area contributed by atoms with Crippen molar-refractivity contribution in [3.05, 3.63) is 35.9 Å². The summed E-state index contributed by atoms with van der Waals surface area (Å²) in [4.78, 5) is 13.5. The fourth-order valence-electron chi connectivity index (χ4n) is 4.06. The van der Waals surface area contributed by atoms with E-state index in [1.165, 1.54) is 24.8 Å². The Hall–Kier alpha value is -1.39. The van der Waals surface area contributed by atoms with Gasteiger partial charge in [0.25, 0.3) is 0 Å². The fraction of sp³-hybridized carbons (Fsp3) is 0.632. The van der Waals surface area contributed by atoms with Gasteiger partial charge in [0.05, 0.1) is 5.92 Å². The molecule has 0 aromatic heterocycles. The second-order valence-electron chi connectivity index (χ2n) is 7.80. The van der Waals surface area contributed by atoms with Crippen LogP contribution in [0.15, 0.2) is 30.3 Å². The van der Waals surface area contributed by atoms with E-state index in [4.69, 9.17) is 5.11 Å². The van der Waals surface area contributed by atoms with E-state index < -0.39 is 5.97 Å². The average molecular weight is 314 g/mol. The summed E-state index contributed by atoms with van der Waals surface area (Å²) in [7, 11) is 0. The molecule has 0 amide bonds. The maximum absolute atomic E-state index is 11.1. The van der Waals surface area contributed by atoms with E-state index >= 15 is 0 Å². The molecule has 2 unspecified atom stereocenters. The summed E-state index contributed by atoms with van der Waals surface area (Å²) in [6, 6.07) is 11.4. The van der Waals surface area contributed by atoms with E-state index in [1.54, 1.807) is 0 Å². The predicted octanol–water partition coefficient (Wildman–Crippen LogP) is 2.32. The molecule has 2 aliphatic carbocycles. The number of aliphatic carboxylic acids is 1. The van der Waals surface area contributed by atoms with Crippen LogP contribution in [0.4, 0.5) is 0 Å². The second kappa shape index (κ2) is 5.91. The minimum atomic E-state index is -0.626. The molecule has 1 aliphatic heterocycles. The second-order valence-corrected chi connectivity index (χ2v) is 7.80. The van der Waals surface area contributed by atoms with Crippen LogP contribution in [0, 0.1) is 11.3 Å². The van der Waals surface area contributed by atoms with Gasteiger partial charge >= 0.3 is 5.97 Å². The Kier molecular flexibility index (Phi) is 3.90. The van der Waals surface area contributed by atoms with Crippen molar-refractivity contribution in [1.29, 1.82) is 0 Å². The van der Waals surface area contributed by atoms with Crippen LogP contribution in [0.1, 0.15) is 37.2 Å². The van der Waals surface area contributed by atoms with Gasteiger partial charge in [-0.05, 0) is 43.2 Å². The van der Waals surface area contributed by atoms with Crippen molar-refractivity contribution in [2.24, 2.45) is 11.3 Å². The highest BCUT2D eigenvalue weighted by Gasteiger charge is 2.47. The molecule has 4 rings (SSSR count). The highest BCUT2D eigenvalue weighted by molar-refractivity contribution is 5.70. The van der Waals surface area contributed by atoms with Crippen LogP contribution in [0.3, 0.4) is 0 Å². The first-order valence-electron chi connectivity index (χ1n) is 8.89. The first-order valence-corrected chi connectivity index (χ1v) is 8.89. The standard InChI is InChI=1S/C19H26N2O2/c22-18(23)15-6-9-21(11-15)13-19(7-8-19)12-20-17-10-16(17)14-4-2-1-3-5-14/h1-5,15-17,20H,6-13H2,(H,22,23)/t15-,16?,17?/m0/s1. The normalized spacial score (nSPS) is 31.9. The summed E-state index contributed by atoms with van der Waals surface area (Å²) in [5.41, 5.74) is 1.87.